The van der Waals surface area contributed by atoms with Crippen LogP contribution in [0.3, 0.4) is 0 Å². The first-order valence-electron chi connectivity index (χ1n) is 10.6. The summed E-state index contributed by atoms with van der Waals surface area (Å²) in [6.07, 6.45) is 4.92. The Labute approximate surface area is 198 Å². The van der Waals surface area contributed by atoms with Gasteiger partial charge in [0, 0.05) is 29.1 Å². The summed E-state index contributed by atoms with van der Waals surface area (Å²) in [5, 5.41) is 2.39. The maximum Gasteiger partial charge on any atom is 0.255 e. The van der Waals surface area contributed by atoms with Crippen molar-refractivity contribution >= 4 is 28.4 Å². The third-order valence-corrected chi connectivity index (χ3v) is 5.34. The van der Waals surface area contributed by atoms with E-state index in [0.29, 0.717) is 16.7 Å². The Balaban J connectivity index is 1.46. The Bertz CT molecular complexity index is 1590. The first-order valence-corrected chi connectivity index (χ1v) is 10.6. The van der Waals surface area contributed by atoms with Gasteiger partial charge in [0.05, 0.1) is 34.2 Å². The van der Waals surface area contributed by atoms with Crippen LogP contribution in [0.25, 0.3) is 22.3 Å². The average Bonchev–Trinajstić information content (AvgIpc) is 2.89. The van der Waals surface area contributed by atoms with Crippen LogP contribution in [-0.2, 0) is 0 Å². The molecule has 5 rings (SSSR count). The van der Waals surface area contributed by atoms with Crippen LogP contribution in [0, 0.1) is 11.6 Å². The second-order valence-corrected chi connectivity index (χ2v) is 7.66. The topological polar surface area (TPSA) is 84.8 Å². The van der Waals surface area contributed by atoms with E-state index in [1.807, 2.05) is 6.07 Å². The monoisotopic (exact) mass is 466 g/mol. The molecule has 8 heteroatoms. The highest BCUT2D eigenvalue weighted by Gasteiger charge is 2.19. The molecule has 0 aliphatic rings. The summed E-state index contributed by atoms with van der Waals surface area (Å²) in [5.74, 6) is -2.76. The molecule has 3 aromatic carbocycles. The molecule has 0 unspecified atom stereocenters. The van der Waals surface area contributed by atoms with Gasteiger partial charge in [0.25, 0.3) is 5.91 Å². The molecule has 5 aromatic rings. The van der Waals surface area contributed by atoms with Crippen molar-refractivity contribution in [3.63, 3.8) is 0 Å². The normalized spacial score (nSPS) is 10.8. The van der Waals surface area contributed by atoms with Gasteiger partial charge in [-0.05, 0) is 60.7 Å². The fourth-order valence-electron chi connectivity index (χ4n) is 3.59. The molecule has 170 valence electrons. The number of hydrogen-bond donors (Lipinski definition) is 1. The smallest absolute Gasteiger partial charge is 0.255 e. The van der Waals surface area contributed by atoms with Crippen molar-refractivity contribution in [3.05, 3.63) is 120 Å². The summed E-state index contributed by atoms with van der Waals surface area (Å²) in [7, 11) is 0. The van der Waals surface area contributed by atoms with Gasteiger partial charge in [-0.2, -0.15) is 0 Å². The second-order valence-electron chi connectivity index (χ2n) is 7.66. The summed E-state index contributed by atoms with van der Waals surface area (Å²) in [6, 6.07) is 17.5. The second kappa shape index (κ2) is 9.18. The highest BCUT2D eigenvalue weighted by atomic mass is 19.1. The Morgan fingerprint density at radius 2 is 1.66 bits per heavy atom. The Kier molecular flexibility index (Phi) is 5.76. The zero-order valence-electron chi connectivity index (χ0n) is 18.1. The molecule has 0 aliphatic carbocycles. The molecule has 35 heavy (non-hydrogen) atoms. The summed E-state index contributed by atoms with van der Waals surface area (Å²) in [6.45, 7) is 0. The van der Waals surface area contributed by atoms with Gasteiger partial charge in [-0.25, -0.2) is 13.8 Å². The third-order valence-electron chi connectivity index (χ3n) is 5.34. The minimum absolute atomic E-state index is 0.0265. The van der Waals surface area contributed by atoms with Crippen LogP contribution in [0.4, 0.5) is 14.5 Å². The molecular weight excluding hydrogens is 450 g/mol. The van der Waals surface area contributed by atoms with E-state index in [2.05, 4.69) is 20.3 Å². The lowest BCUT2D eigenvalue weighted by Gasteiger charge is -2.10. The van der Waals surface area contributed by atoms with Crippen molar-refractivity contribution in [2.75, 3.05) is 5.32 Å². The number of pyridine rings is 1. The standard InChI is InChI=1S/C27H16F2N4O2/c28-19-6-1-4-17(12-19)27(35)33-22-8-2-7-20(25(22)29)26(34)16-9-10-21-23(13-16)32-24(15-31-21)18-5-3-11-30-14-18/h1-15H,(H,33,35). The third kappa shape index (κ3) is 4.49. The number of amides is 1. The fraction of sp³-hybridized carbons (Fsp3) is 0. The zero-order chi connectivity index (χ0) is 24.4. The van der Waals surface area contributed by atoms with Crippen LogP contribution in [-0.4, -0.2) is 26.6 Å². The van der Waals surface area contributed by atoms with E-state index in [9.17, 15) is 14.0 Å². The SMILES string of the molecule is O=C(Nc1cccc(C(=O)c2ccc3ncc(-c4cccnc4)nc3c2)c1F)c1cccc(F)c1. The molecule has 0 aliphatic heterocycles. The first kappa shape index (κ1) is 22.0. The van der Waals surface area contributed by atoms with Crippen LogP contribution in [0.2, 0.25) is 0 Å². The van der Waals surface area contributed by atoms with Gasteiger partial charge < -0.3 is 5.32 Å². The van der Waals surface area contributed by atoms with Crippen LogP contribution >= 0.6 is 0 Å². The van der Waals surface area contributed by atoms with E-state index in [1.165, 1.54) is 36.4 Å². The maximum absolute atomic E-state index is 15.2. The molecule has 0 fully saturated rings. The number of anilines is 1. The van der Waals surface area contributed by atoms with E-state index in [4.69, 9.17) is 0 Å². The molecule has 0 spiro atoms. The molecule has 0 saturated carbocycles. The molecular formula is C27H16F2N4O2. The summed E-state index contributed by atoms with van der Waals surface area (Å²) >= 11 is 0. The van der Waals surface area contributed by atoms with Crippen LogP contribution < -0.4 is 5.32 Å². The zero-order valence-corrected chi connectivity index (χ0v) is 18.1. The van der Waals surface area contributed by atoms with Crippen molar-refractivity contribution in [2.24, 2.45) is 0 Å². The van der Waals surface area contributed by atoms with Gasteiger partial charge in [-0.3, -0.25) is 19.6 Å². The molecule has 2 heterocycles. The minimum atomic E-state index is -0.891. The van der Waals surface area contributed by atoms with Crippen LogP contribution in [0.15, 0.2) is 91.4 Å². The lowest BCUT2D eigenvalue weighted by molar-refractivity contribution is 0.101. The minimum Gasteiger partial charge on any atom is -0.319 e. The van der Waals surface area contributed by atoms with Crippen LogP contribution in [0.5, 0.6) is 0 Å². The number of hydrogen-bond acceptors (Lipinski definition) is 5. The highest BCUT2D eigenvalue weighted by molar-refractivity contribution is 6.11. The van der Waals surface area contributed by atoms with Gasteiger partial charge in [-0.1, -0.05) is 12.1 Å². The Morgan fingerprint density at radius 3 is 2.46 bits per heavy atom. The number of aromatic nitrogens is 3. The number of rotatable bonds is 5. The fourth-order valence-corrected chi connectivity index (χ4v) is 3.59. The lowest BCUT2D eigenvalue weighted by atomic mass is 10.0. The van der Waals surface area contributed by atoms with Crippen molar-refractivity contribution in [3.8, 4) is 11.3 Å². The van der Waals surface area contributed by atoms with Gasteiger partial charge >= 0.3 is 0 Å². The van der Waals surface area contributed by atoms with Crippen molar-refractivity contribution in [2.45, 2.75) is 0 Å². The van der Waals surface area contributed by atoms with Crippen molar-refractivity contribution in [1.29, 1.82) is 0 Å². The predicted octanol–water partition coefficient (Wildman–Crippen LogP) is 5.45. The number of nitrogens with one attached hydrogen (secondary N) is 1. The number of fused-ring (bicyclic) bond motifs is 1. The number of halogens is 2. The van der Waals surface area contributed by atoms with Crippen molar-refractivity contribution < 1.29 is 18.4 Å². The van der Waals surface area contributed by atoms with E-state index in [0.717, 1.165) is 11.6 Å². The van der Waals surface area contributed by atoms with Gasteiger partial charge in [0.2, 0.25) is 0 Å². The number of nitrogens with zero attached hydrogens (tertiary/aromatic N) is 3. The van der Waals surface area contributed by atoms with Gasteiger partial charge in [0.15, 0.2) is 11.6 Å². The molecule has 0 atom stereocenters. The molecule has 6 nitrogen and oxygen atoms in total. The van der Waals surface area contributed by atoms with Crippen molar-refractivity contribution in [1.82, 2.24) is 15.0 Å². The average molecular weight is 466 g/mol. The van der Waals surface area contributed by atoms with E-state index < -0.39 is 23.3 Å². The van der Waals surface area contributed by atoms with Gasteiger partial charge in [-0.15, -0.1) is 0 Å². The first-order chi connectivity index (χ1) is 17.0. The molecule has 1 amide bonds. The molecule has 0 saturated heterocycles. The van der Waals surface area contributed by atoms with Crippen LogP contribution in [0.1, 0.15) is 26.3 Å². The maximum atomic E-state index is 15.2. The number of benzene rings is 3. The summed E-state index contributed by atoms with van der Waals surface area (Å²) < 4.78 is 28.6. The predicted molar refractivity (Wildman–Crippen MR) is 127 cm³/mol. The molecule has 0 bridgehead atoms. The summed E-state index contributed by atoms with van der Waals surface area (Å²) in [4.78, 5) is 38.6. The lowest BCUT2D eigenvalue weighted by Crippen LogP contribution is -2.15. The number of carbonyl (C=O) groups is 2. The summed E-state index contributed by atoms with van der Waals surface area (Å²) in [5.41, 5.74) is 2.22. The molecule has 2 aromatic heterocycles. The largest absolute Gasteiger partial charge is 0.319 e. The number of ketones is 1. The van der Waals surface area contributed by atoms with Gasteiger partial charge in [0.1, 0.15) is 5.82 Å². The quantitative estimate of drug-likeness (QED) is 0.348. The molecule has 0 radical (unpaired) electrons. The Morgan fingerprint density at radius 1 is 0.800 bits per heavy atom. The molecule has 1 N–H and O–H groups in total. The highest BCUT2D eigenvalue weighted by Crippen LogP contribution is 2.24. The van der Waals surface area contributed by atoms with E-state index in [-0.39, 0.29) is 22.4 Å². The Hall–Kier alpha value is -4.85. The van der Waals surface area contributed by atoms with E-state index >= 15 is 4.39 Å². The number of carbonyl (C=O) groups excluding carboxylic acids is 2. The van der Waals surface area contributed by atoms with E-state index in [1.54, 1.807) is 42.9 Å².